The van der Waals surface area contributed by atoms with Crippen LogP contribution in [0.3, 0.4) is 0 Å². The summed E-state index contributed by atoms with van der Waals surface area (Å²) in [4.78, 5) is 2.51. The van der Waals surface area contributed by atoms with E-state index in [0.29, 0.717) is 12.0 Å². The number of halogens is 4. The molecule has 0 spiro atoms. The first-order chi connectivity index (χ1) is 10.3. The minimum absolute atomic E-state index is 0. The molecule has 2 saturated heterocycles. The minimum Gasteiger partial charge on any atom is -0.381 e. The summed E-state index contributed by atoms with van der Waals surface area (Å²) in [6.45, 7) is 5.71. The van der Waals surface area contributed by atoms with Crippen molar-refractivity contribution in [2.24, 2.45) is 5.92 Å². The van der Waals surface area contributed by atoms with Crippen LogP contribution in [0.15, 0.2) is 18.2 Å². The number of rotatable bonds is 3. The molecule has 23 heavy (non-hydrogen) atoms. The summed E-state index contributed by atoms with van der Waals surface area (Å²) in [6.07, 6.45) is 2.12. The first kappa shape index (κ1) is 20.9. The van der Waals surface area contributed by atoms with E-state index in [2.05, 4.69) is 10.2 Å². The second kappa shape index (κ2) is 10.0. The van der Waals surface area contributed by atoms with Gasteiger partial charge in [-0.05, 0) is 36.5 Å². The monoisotopic (exact) mass is 384 g/mol. The predicted molar refractivity (Wildman–Crippen MR) is 96.6 cm³/mol. The fraction of sp³-hybridized carbons (Fsp3) is 0.625. The van der Waals surface area contributed by atoms with E-state index in [-0.39, 0.29) is 35.7 Å². The van der Waals surface area contributed by atoms with E-state index in [0.717, 1.165) is 57.8 Å². The molecule has 1 aromatic carbocycles. The lowest BCUT2D eigenvalue weighted by molar-refractivity contribution is 0.0213. The normalized spacial score (nSPS) is 21.1. The van der Waals surface area contributed by atoms with Crippen LogP contribution < -0.4 is 5.32 Å². The van der Waals surface area contributed by atoms with Crippen molar-refractivity contribution >= 4 is 36.4 Å². The van der Waals surface area contributed by atoms with Gasteiger partial charge in [0.05, 0.1) is 5.02 Å². The maximum Gasteiger partial charge on any atom is 0.141 e. The molecule has 2 aliphatic rings. The van der Waals surface area contributed by atoms with Crippen molar-refractivity contribution in [1.82, 2.24) is 10.2 Å². The Hall–Kier alpha value is -0.100. The van der Waals surface area contributed by atoms with Crippen LogP contribution in [0.1, 0.15) is 24.4 Å². The molecule has 1 N–H and O–H groups in total. The summed E-state index contributed by atoms with van der Waals surface area (Å²) in [6, 6.07) is 5.50. The van der Waals surface area contributed by atoms with Crippen LogP contribution in [0.25, 0.3) is 0 Å². The number of piperazine rings is 1. The Kier molecular flexibility index (Phi) is 9.12. The molecule has 0 radical (unpaired) electrons. The van der Waals surface area contributed by atoms with Crippen molar-refractivity contribution in [3.05, 3.63) is 34.6 Å². The molecule has 2 fully saturated rings. The second-order valence-corrected chi connectivity index (χ2v) is 6.26. The van der Waals surface area contributed by atoms with E-state index in [1.807, 2.05) is 6.07 Å². The summed E-state index contributed by atoms with van der Waals surface area (Å²) in [7, 11) is 0. The van der Waals surface area contributed by atoms with Crippen LogP contribution in [-0.4, -0.2) is 44.3 Å². The number of hydrogen-bond donors (Lipinski definition) is 1. The molecule has 0 aromatic heterocycles. The van der Waals surface area contributed by atoms with Crippen molar-refractivity contribution in [1.29, 1.82) is 0 Å². The van der Waals surface area contributed by atoms with E-state index in [1.165, 1.54) is 6.07 Å². The van der Waals surface area contributed by atoms with Gasteiger partial charge in [0.2, 0.25) is 0 Å². The third-order valence-corrected chi connectivity index (χ3v) is 4.83. The van der Waals surface area contributed by atoms with Gasteiger partial charge in [0, 0.05) is 45.4 Å². The number of nitrogens with zero attached hydrogens (tertiary/aromatic N) is 1. The van der Waals surface area contributed by atoms with Gasteiger partial charge >= 0.3 is 0 Å². The summed E-state index contributed by atoms with van der Waals surface area (Å²) >= 11 is 6.01. The average Bonchev–Trinajstić information content (AvgIpc) is 2.53. The fourth-order valence-electron chi connectivity index (χ4n) is 3.47. The zero-order valence-electron chi connectivity index (χ0n) is 13.0. The van der Waals surface area contributed by atoms with E-state index in [1.54, 1.807) is 6.07 Å². The number of ether oxygens (including phenoxy) is 1. The third-order valence-electron chi connectivity index (χ3n) is 4.54. The van der Waals surface area contributed by atoms with Crippen LogP contribution in [0.4, 0.5) is 4.39 Å². The average molecular weight is 386 g/mol. The van der Waals surface area contributed by atoms with Gasteiger partial charge in [0.15, 0.2) is 0 Å². The number of benzene rings is 1. The molecule has 2 aliphatic heterocycles. The van der Waals surface area contributed by atoms with Crippen LogP contribution in [0, 0.1) is 11.7 Å². The number of hydrogen-bond acceptors (Lipinski definition) is 3. The van der Waals surface area contributed by atoms with Gasteiger partial charge < -0.3 is 10.1 Å². The summed E-state index contributed by atoms with van der Waals surface area (Å²) < 4.78 is 19.0. The zero-order valence-corrected chi connectivity index (χ0v) is 15.4. The molecule has 0 aliphatic carbocycles. The topological polar surface area (TPSA) is 24.5 Å². The molecular weight excluding hydrogens is 362 g/mol. The van der Waals surface area contributed by atoms with Crippen molar-refractivity contribution < 1.29 is 9.13 Å². The molecule has 0 unspecified atom stereocenters. The molecule has 1 aromatic rings. The highest BCUT2D eigenvalue weighted by atomic mass is 35.5. The Bertz CT molecular complexity index is 462. The molecule has 0 bridgehead atoms. The molecular formula is C16H24Cl3FN2O. The van der Waals surface area contributed by atoms with Gasteiger partial charge in [0.25, 0.3) is 0 Å². The summed E-state index contributed by atoms with van der Waals surface area (Å²) in [5, 5.41) is 3.61. The Balaban J connectivity index is 0.00000132. The molecule has 1 atom stereocenters. The van der Waals surface area contributed by atoms with E-state index in [9.17, 15) is 4.39 Å². The first-order valence-corrected chi connectivity index (χ1v) is 8.11. The molecule has 3 rings (SSSR count). The number of nitrogens with one attached hydrogen (secondary N) is 1. The quantitative estimate of drug-likeness (QED) is 0.858. The molecule has 0 amide bonds. The lowest BCUT2D eigenvalue weighted by Gasteiger charge is -2.41. The molecule has 3 nitrogen and oxygen atoms in total. The Morgan fingerprint density at radius 3 is 2.43 bits per heavy atom. The van der Waals surface area contributed by atoms with E-state index < -0.39 is 0 Å². The Morgan fingerprint density at radius 1 is 1.17 bits per heavy atom. The van der Waals surface area contributed by atoms with E-state index in [4.69, 9.17) is 16.3 Å². The van der Waals surface area contributed by atoms with Gasteiger partial charge in [-0.3, -0.25) is 4.90 Å². The van der Waals surface area contributed by atoms with Gasteiger partial charge in [-0.2, -0.15) is 0 Å². The Morgan fingerprint density at radius 2 is 1.83 bits per heavy atom. The van der Waals surface area contributed by atoms with Gasteiger partial charge in [-0.25, -0.2) is 4.39 Å². The minimum atomic E-state index is -0.341. The van der Waals surface area contributed by atoms with Crippen LogP contribution in [0.2, 0.25) is 5.02 Å². The fourth-order valence-corrected chi connectivity index (χ4v) is 3.66. The maximum absolute atomic E-state index is 13.5. The van der Waals surface area contributed by atoms with Gasteiger partial charge in [-0.15, -0.1) is 24.8 Å². The van der Waals surface area contributed by atoms with Crippen LogP contribution in [-0.2, 0) is 4.74 Å². The van der Waals surface area contributed by atoms with Gasteiger partial charge in [-0.1, -0.05) is 17.7 Å². The van der Waals surface area contributed by atoms with Crippen LogP contribution in [0.5, 0.6) is 0 Å². The van der Waals surface area contributed by atoms with Gasteiger partial charge in [0.1, 0.15) is 5.82 Å². The SMILES string of the molecule is Cl.Cl.Fc1ccc([C@H](C2CCOCC2)N2CCNCC2)cc1Cl. The van der Waals surface area contributed by atoms with Crippen molar-refractivity contribution in [3.8, 4) is 0 Å². The van der Waals surface area contributed by atoms with Crippen LogP contribution >= 0.6 is 36.4 Å². The molecule has 132 valence electrons. The first-order valence-electron chi connectivity index (χ1n) is 7.73. The summed E-state index contributed by atoms with van der Waals surface area (Å²) in [5.74, 6) is 0.213. The molecule has 0 saturated carbocycles. The third kappa shape index (κ3) is 5.18. The Labute approximate surface area is 154 Å². The highest BCUT2D eigenvalue weighted by molar-refractivity contribution is 6.30. The lowest BCUT2D eigenvalue weighted by Crippen LogP contribution is -2.47. The van der Waals surface area contributed by atoms with Crippen molar-refractivity contribution in [3.63, 3.8) is 0 Å². The molecule has 2 heterocycles. The highest BCUT2D eigenvalue weighted by Crippen LogP contribution is 2.36. The largest absolute Gasteiger partial charge is 0.381 e. The van der Waals surface area contributed by atoms with E-state index >= 15 is 0 Å². The molecule has 7 heteroatoms. The smallest absolute Gasteiger partial charge is 0.141 e. The second-order valence-electron chi connectivity index (χ2n) is 5.85. The summed E-state index contributed by atoms with van der Waals surface area (Å²) in [5.41, 5.74) is 1.13. The van der Waals surface area contributed by atoms with Crippen molar-refractivity contribution in [2.45, 2.75) is 18.9 Å². The maximum atomic E-state index is 13.5. The lowest BCUT2D eigenvalue weighted by atomic mass is 9.85. The zero-order chi connectivity index (χ0) is 14.7. The predicted octanol–water partition coefficient (Wildman–Crippen LogP) is 3.70. The standard InChI is InChI=1S/C16H22ClFN2O.2ClH/c17-14-11-13(1-2-15(14)18)16(12-3-9-21-10-4-12)20-7-5-19-6-8-20;;/h1-2,11-12,16,19H,3-10H2;2*1H/t16-;;/m0../s1. The van der Waals surface area contributed by atoms with Crippen molar-refractivity contribution in [2.75, 3.05) is 39.4 Å². The highest BCUT2D eigenvalue weighted by Gasteiger charge is 2.31.